The van der Waals surface area contributed by atoms with Crippen molar-refractivity contribution in [3.05, 3.63) is 70.6 Å². The minimum atomic E-state index is -0.173. The van der Waals surface area contributed by atoms with Crippen molar-refractivity contribution in [1.82, 2.24) is 4.98 Å². The van der Waals surface area contributed by atoms with E-state index in [1.807, 2.05) is 30.3 Å². The third kappa shape index (κ3) is 3.44. The van der Waals surface area contributed by atoms with E-state index in [1.54, 1.807) is 12.1 Å². The molecule has 1 aliphatic carbocycles. The van der Waals surface area contributed by atoms with Crippen LogP contribution in [0.5, 0.6) is 0 Å². The van der Waals surface area contributed by atoms with Gasteiger partial charge in [-0.2, -0.15) is 0 Å². The predicted octanol–water partition coefficient (Wildman–Crippen LogP) is 4.51. The van der Waals surface area contributed by atoms with Crippen molar-refractivity contribution in [2.75, 3.05) is 5.32 Å². The van der Waals surface area contributed by atoms with E-state index in [9.17, 15) is 9.59 Å². The van der Waals surface area contributed by atoms with Crippen LogP contribution in [0, 0.1) is 0 Å². The number of fused-ring (bicyclic) bond motifs is 3. The quantitative estimate of drug-likeness (QED) is 0.679. The number of anilines is 1. The van der Waals surface area contributed by atoms with Gasteiger partial charge in [-0.15, -0.1) is 11.3 Å². The van der Waals surface area contributed by atoms with Gasteiger partial charge in [-0.05, 0) is 18.4 Å². The van der Waals surface area contributed by atoms with E-state index in [0.717, 1.165) is 24.1 Å². The Morgan fingerprint density at radius 2 is 1.73 bits per heavy atom. The number of nitrogens with zero attached hydrogens (tertiary/aromatic N) is 1. The second-order valence-corrected chi connectivity index (χ2v) is 7.37. The summed E-state index contributed by atoms with van der Waals surface area (Å²) < 4.78 is 0. The van der Waals surface area contributed by atoms with Crippen LogP contribution >= 0.6 is 11.3 Å². The monoisotopic (exact) mass is 362 g/mol. The van der Waals surface area contributed by atoms with Crippen LogP contribution in [0.25, 0.3) is 11.3 Å². The summed E-state index contributed by atoms with van der Waals surface area (Å²) in [6, 6.07) is 17.3. The molecule has 0 fully saturated rings. The second kappa shape index (κ2) is 7.22. The Hall–Kier alpha value is -2.79. The molecule has 0 bridgehead atoms. The first kappa shape index (κ1) is 16.7. The van der Waals surface area contributed by atoms with E-state index in [-0.39, 0.29) is 24.5 Å². The molecule has 0 aliphatic heterocycles. The van der Waals surface area contributed by atoms with Gasteiger partial charge in [-0.3, -0.25) is 9.59 Å². The molecule has 0 saturated carbocycles. The topological polar surface area (TPSA) is 59.1 Å². The summed E-state index contributed by atoms with van der Waals surface area (Å²) in [7, 11) is 0. The normalized spacial score (nSPS) is 12.2. The van der Waals surface area contributed by atoms with Crippen molar-refractivity contribution in [2.45, 2.75) is 25.7 Å². The van der Waals surface area contributed by atoms with Gasteiger partial charge in [0.2, 0.25) is 5.91 Å². The number of carbonyl (C=O) groups is 2. The molecule has 130 valence electrons. The lowest BCUT2D eigenvalue weighted by molar-refractivity contribution is -0.116. The number of aryl methyl sites for hydroxylation is 2. The van der Waals surface area contributed by atoms with Crippen LogP contribution in [-0.4, -0.2) is 16.7 Å². The molecule has 5 heteroatoms. The Kier molecular flexibility index (Phi) is 4.63. The highest BCUT2D eigenvalue weighted by atomic mass is 32.1. The minimum Gasteiger partial charge on any atom is -0.302 e. The van der Waals surface area contributed by atoms with Crippen molar-refractivity contribution in [2.24, 2.45) is 0 Å². The van der Waals surface area contributed by atoms with Gasteiger partial charge in [0, 0.05) is 28.8 Å². The first-order valence-electron chi connectivity index (χ1n) is 8.67. The van der Waals surface area contributed by atoms with Crippen LogP contribution in [0.1, 0.15) is 33.6 Å². The van der Waals surface area contributed by atoms with E-state index < -0.39 is 0 Å². The minimum absolute atomic E-state index is 0.0203. The zero-order chi connectivity index (χ0) is 17.9. The number of hydrogen-bond acceptors (Lipinski definition) is 4. The molecule has 0 radical (unpaired) electrons. The molecule has 0 spiro atoms. The highest BCUT2D eigenvalue weighted by molar-refractivity contribution is 7.16. The van der Waals surface area contributed by atoms with Crippen LogP contribution in [0.2, 0.25) is 0 Å². The third-order valence-corrected chi connectivity index (χ3v) is 5.54. The van der Waals surface area contributed by atoms with Crippen molar-refractivity contribution < 1.29 is 9.59 Å². The van der Waals surface area contributed by atoms with Gasteiger partial charge in [0.1, 0.15) is 0 Å². The Balaban J connectivity index is 1.40. The fraction of sp³-hybridized carbons (Fsp3) is 0.190. The third-order valence-electron chi connectivity index (χ3n) is 4.51. The average Bonchev–Trinajstić information content (AvgIpc) is 3.09. The zero-order valence-electron chi connectivity index (χ0n) is 14.2. The SMILES string of the molecule is O=C(CCC(=O)c1ccccc1)Nc1nc2c(s1)CCc1ccccc1-2. The summed E-state index contributed by atoms with van der Waals surface area (Å²) in [5, 5.41) is 3.47. The highest BCUT2D eigenvalue weighted by Crippen LogP contribution is 2.37. The number of thiazole rings is 1. The highest BCUT2D eigenvalue weighted by Gasteiger charge is 2.21. The molecule has 1 heterocycles. The number of amides is 1. The predicted molar refractivity (Wildman–Crippen MR) is 104 cm³/mol. The maximum atomic E-state index is 12.2. The molecular formula is C21H18N2O2S. The first-order chi connectivity index (χ1) is 12.7. The molecule has 0 atom stereocenters. The van der Waals surface area contributed by atoms with Crippen molar-refractivity contribution >= 4 is 28.2 Å². The van der Waals surface area contributed by atoms with E-state index in [2.05, 4.69) is 22.4 Å². The van der Waals surface area contributed by atoms with Gasteiger partial charge in [0.15, 0.2) is 10.9 Å². The molecule has 3 aromatic rings. The van der Waals surface area contributed by atoms with Crippen molar-refractivity contribution in [3.8, 4) is 11.3 Å². The standard InChI is InChI=1S/C21H18N2O2S/c24-17(15-7-2-1-3-8-15)11-13-19(25)22-21-23-20-16-9-5-4-6-14(16)10-12-18(20)26-21/h1-9H,10-13H2,(H,22,23,25). The fourth-order valence-electron chi connectivity index (χ4n) is 3.18. The number of nitrogens with one attached hydrogen (secondary N) is 1. The number of benzene rings is 2. The fourth-order valence-corrected chi connectivity index (χ4v) is 4.17. The summed E-state index contributed by atoms with van der Waals surface area (Å²) in [5.74, 6) is -0.193. The Morgan fingerprint density at radius 3 is 2.58 bits per heavy atom. The van der Waals surface area contributed by atoms with Crippen LogP contribution in [0.15, 0.2) is 54.6 Å². The second-order valence-electron chi connectivity index (χ2n) is 6.29. The maximum absolute atomic E-state index is 12.2. The molecule has 26 heavy (non-hydrogen) atoms. The molecule has 4 nitrogen and oxygen atoms in total. The lowest BCUT2D eigenvalue weighted by Gasteiger charge is -2.13. The van der Waals surface area contributed by atoms with Gasteiger partial charge in [-0.25, -0.2) is 4.98 Å². The molecule has 0 unspecified atom stereocenters. The molecule has 0 saturated heterocycles. The summed E-state index contributed by atoms with van der Waals surface area (Å²) in [6.07, 6.45) is 2.31. The maximum Gasteiger partial charge on any atom is 0.226 e. The summed E-state index contributed by atoms with van der Waals surface area (Å²) in [6.45, 7) is 0. The summed E-state index contributed by atoms with van der Waals surface area (Å²) in [4.78, 5) is 30.1. The number of aromatic nitrogens is 1. The Bertz CT molecular complexity index is 963. The van der Waals surface area contributed by atoms with Gasteiger partial charge in [0.05, 0.1) is 5.69 Å². The molecular weight excluding hydrogens is 344 g/mol. The zero-order valence-corrected chi connectivity index (χ0v) is 15.0. The molecule has 2 aromatic carbocycles. The van der Waals surface area contributed by atoms with E-state index in [0.29, 0.717) is 10.7 Å². The molecule has 1 amide bonds. The number of Topliss-reactive ketones (excluding diaryl/α,β-unsaturated/α-hetero) is 1. The number of hydrogen-bond donors (Lipinski definition) is 1. The summed E-state index contributed by atoms with van der Waals surface area (Å²) >= 11 is 1.53. The number of ketones is 1. The lowest BCUT2D eigenvalue weighted by Crippen LogP contribution is -2.13. The van der Waals surface area contributed by atoms with Gasteiger partial charge in [-0.1, -0.05) is 54.6 Å². The van der Waals surface area contributed by atoms with Crippen LogP contribution < -0.4 is 5.32 Å². The van der Waals surface area contributed by atoms with E-state index >= 15 is 0 Å². The van der Waals surface area contributed by atoms with Crippen LogP contribution in [0.4, 0.5) is 5.13 Å². The van der Waals surface area contributed by atoms with E-state index in [4.69, 9.17) is 0 Å². The number of rotatable bonds is 5. The molecule has 1 aromatic heterocycles. The van der Waals surface area contributed by atoms with Gasteiger partial charge >= 0.3 is 0 Å². The smallest absolute Gasteiger partial charge is 0.226 e. The van der Waals surface area contributed by atoms with Crippen LogP contribution in [-0.2, 0) is 17.6 Å². The first-order valence-corrected chi connectivity index (χ1v) is 9.48. The molecule has 1 N–H and O–H groups in total. The van der Waals surface area contributed by atoms with E-state index in [1.165, 1.54) is 21.8 Å². The average molecular weight is 362 g/mol. The Morgan fingerprint density at radius 1 is 0.962 bits per heavy atom. The molecule has 1 aliphatic rings. The van der Waals surface area contributed by atoms with Crippen LogP contribution in [0.3, 0.4) is 0 Å². The largest absolute Gasteiger partial charge is 0.302 e. The lowest BCUT2D eigenvalue weighted by atomic mass is 9.94. The Labute approximate surface area is 155 Å². The van der Waals surface area contributed by atoms with Crippen molar-refractivity contribution in [1.29, 1.82) is 0 Å². The van der Waals surface area contributed by atoms with Crippen molar-refractivity contribution in [3.63, 3.8) is 0 Å². The van der Waals surface area contributed by atoms with Gasteiger partial charge < -0.3 is 5.32 Å². The number of carbonyl (C=O) groups excluding carboxylic acids is 2. The summed E-state index contributed by atoms with van der Waals surface area (Å²) in [5.41, 5.74) is 4.08. The van der Waals surface area contributed by atoms with Gasteiger partial charge in [0.25, 0.3) is 0 Å². The molecule has 4 rings (SSSR count).